The second-order valence-electron chi connectivity index (χ2n) is 4.90. The van der Waals surface area contributed by atoms with Crippen molar-refractivity contribution in [3.8, 4) is 0 Å². The molecule has 0 aromatic heterocycles. The SMILES string of the molecule is CCC(C(=O)OCc1ccc([N+](=O)[O-])cc1)c1ccccc1. The van der Waals surface area contributed by atoms with Gasteiger partial charge in [-0.05, 0) is 29.7 Å². The first kappa shape index (κ1) is 15.7. The summed E-state index contributed by atoms with van der Waals surface area (Å²) in [5, 5.41) is 10.6. The second-order valence-corrected chi connectivity index (χ2v) is 4.90. The van der Waals surface area contributed by atoms with E-state index < -0.39 is 4.92 Å². The highest BCUT2D eigenvalue weighted by atomic mass is 16.6. The molecule has 2 aromatic carbocycles. The molecule has 114 valence electrons. The first-order valence-electron chi connectivity index (χ1n) is 7.06. The molecular weight excluding hydrogens is 282 g/mol. The van der Waals surface area contributed by atoms with Crippen LogP contribution in [0.15, 0.2) is 54.6 Å². The van der Waals surface area contributed by atoms with Crippen LogP contribution >= 0.6 is 0 Å². The summed E-state index contributed by atoms with van der Waals surface area (Å²) in [6.45, 7) is 2.05. The second kappa shape index (κ2) is 7.36. The lowest BCUT2D eigenvalue weighted by Crippen LogP contribution is -2.15. The summed E-state index contributed by atoms with van der Waals surface area (Å²) in [7, 11) is 0. The quantitative estimate of drug-likeness (QED) is 0.462. The smallest absolute Gasteiger partial charge is 0.313 e. The average molecular weight is 299 g/mol. The Morgan fingerprint density at radius 3 is 2.32 bits per heavy atom. The number of rotatable bonds is 6. The van der Waals surface area contributed by atoms with E-state index in [1.165, 1.54) is 12.1 Å². The largest absolute Gasteiger partial charge is 0.460 e. The fraction of sp³-hybridized carbons (Fsp3) is 0.235. The van der Waals surface area contributed by atoms with E-state index in [1.807, 2.05) is 37.3 Å². The van der Waals surface area contributed by atoms with Gasteiger partial charge in [0.2, 0.25) is 0 Å². The first-order valence-corrected chi connectivity index (χ1v) is 7.06. The Labute approximate surface area is 128 Å². The Balaban J connectivity index is 1.98. The van der Waals surface area contributed by atoms with Crippen LogP contribution in [0.25, 0.3) is 0 Å². The molecule has 0 aliphatic carbocycles. The third-order valence-electron chi connectivity index (χ3n) is 3.42. The van der Waals surface area contributed by atoms with Crippen molar-refractivity contribution in [3.05, 3.63) is 75.8 Å². The zero-order chi connectivity index (χ0) is 15.9. The van der Waals surface area contributed by atoms with Gasteiger partial charge in [-0.25, -0.2) is 0 Å². The summed E-state index contributed by atoms with van der Waals surface area (Å²) in [6, 6.07) is 15.5. The standard InChI is InChI=1S/C17H17NO4/c1-2-16(14-6-4-3-5-7-14)17(19)22-12-13-8-10-15(11-9-13)18(20)21/h3-11,16H,2,12H2,1H3. The van der Waals surface area contributed by atoms with Gasteiger partial charge in [-0.15, -0.1) is 0 Å². The maximum atomic E-state index is 12.2. The number of nitro groups is 1. The molecule has 22 heavy (non-hydrogen) atoms. The molecular formula is C17H17NO4. The van der Waals surface area contributed by atoms with Crippen LogP contribution in [-0.4, -0.2) is 10.9 Å². The highest BCUT2D eigenvalue weighted by molar-refractivity contribution is 5.78. The topological polar surface area (TPSA) is 69.4 Å². The number of carbonyl (C=O) groups excluding carboxylic acids is 1. The zero-order valence-corrected chi connectivity index (χ0v) is 12.3. The van der Waals surface area contributed by atoms with Crippen molar-refractivity contribution < 1.29 is 14.5 Å². The van der Waals surface area contributed by atoms with Crippen LogP contribution < -0.4 is 0 Å². The molecule has 2 rings (SSSR count). The molecule has 0 fully saturated rings. The van der Waals surface area contributed by atoms with Crippen molar-refractivity contribution in [2.24, 2.45) is 0 Å². The highest BCUT2D eigenvalue weighted by Crippen LogP contribution is 2.21. The van der Waals surface area contributed by atoms with E-state index in [0.717, 1.165) is 11.1 Å². The summed E-state index contributed by atoms with van der Waals surface area (Å²) >= 11 is 0. The molecule has 0 aliphatic rings. The summed E-state index contributed by atoms with van der Waals surface area (Å²) in [5.41, 5.74) is 1.67. The van der Waals surface area contributed by atoms with E-state index in [-0.39, 0.29) is 24.2 Å². The summed E-state index contributed by atoms with van der Waals surface area (Å²) in [6.07, 6.45) is 0.656. The van der Waals surface area contributed by atoms with E-state index in [2.05, 4.69) is 0 Å². The maximum absolute atomic E-state index is 12.2. The average Bonchev–Trinajstić information content (AvgIpc) is 2.55. The van der Waals surface area contributed by atoms with Gasteiger partial charge in [0, 0.05) is 12.1 Å². The minimum absolute atomic E-state index is 0.0193. The van der Waals surface area contributed by atoms with Gasteiger partial charge in [-0.2, -0.15) is 0 Å². The molecule has 1 unspecified atom stereocenters. The molecule has 0 bridgehead atoms. The van der Waals surface area contributed by atoms with Crippen molar-refractivity contribution in [3.63, 3.8) is 0 Å². The molecule has 0 saturated heterocycles. The minimum Gasteiger partial charge on any atom is -0.460 e. The van der Waals surface area contributed by atoms with Crippen molar-refractivity contribution in [1.82, 2.24) is 0 Å². The summed E-state index contributed by atoms with van der Waals surface area (Å²) in [4.78, 5) is 22.3. The number of benzene rings is 2. The third-order valence-corrected chi connectivity index (χ3v) is 3.42. The van der Waals surface area contributed by atoms with Crippen LogP contribution in [0.4, 0.5) is 5.69 Å². The normalized spacial score (nSPS) is 11.7. The van der Waals surface area contributed by atoms with E-state index in [1.54, 1.807) is 12.1 Å². The van der Waals surface area contributed by atoms with Crippen LogP contribution in [-0.2, 0) is 16.1 Å². The van der Waals surface area contributed by atoms with Crippen LogP contribution in [0.3, 0.4) is 0 Å². The van der Waals surface area contributed by atoms with Crippen molar-refractivity contribution in [2.75, 3.05) is 0 Å². The Bertz CT molecular complexity index is 637. The van der Waals surface area contributed by atoms with Gasteiger partial charge in [0.05, 0.1) is 10.8 Å². The third kappa shape index (κ3) is 3.91. The van der Waals surface area contributed by atoms with Crippen LogP contribution in [0.2, 0.25) is 0 Å². The van der Waals surface area contributed by atoms with Gasteiger partial charge >= 0.3 is 5.97 Å². The van der Waals surface area contributed by atoms with Crippen molar-refractivity contribution in [2.45, 2.75) is 25.9 Å². The Morgan fingerprint density at radius 1 is 1.14 bits per heavy atom. The molecule has 0 saturated carbocycles. The summed E-state index contributed by atoms with van der Waals surface area (Å²) < 4.78 is 5.33. The molecule has 0 N–H and O–H groups in total. The number of nitrogens with zero attached hydrogens (tertiary/aromatic N) is 1. The van der Waals surface area contributed by atoms with Crippen molar-refractivity contribution >= 4 is 11.7 Å². The van der Waals surface area contributed by atoms with Gasteiger partial charge in [0.15, 0.2) is 0 Å². The highest BCUT2D eigenvalue weighted by Gasteiger charge is 2.20. The number of ether oxygens (including phenoxy) is 1. The molecule has 0 amide bonds. The Hall–Kier alpha value is -2.69. The monoisotopic (exact) mass is 299 g/mol. The maximum Gasteiger partial charge on any atom is 0.313 e. The van der Waals surface area contributed by atoms with Gasteiger partial charge in [0.25, 0.3) is 5.69 Å². The Kier molecular flexibility index (Phi) is 5.25. The predicted octanol–water partition coefficient (Wildman–Crippen LogP) is 3.83. The molecule has 0 radical (unpaired) electrons. The number of esters is 1. The first-order chi connectivity index (χ1) is 10.6. The lowest BCUT2D eigenvalue weighted by Gasteiger charge is -2.14. The van der Waals surface area contributed by atoms with Gasteiger partial charge in [-0.3, -0.25) is 14.9 Å². The predicted molar refractivity (Wildman–Crippen MR) is 82.4 cm³/mol. The lowest BCUT2D eigenvalue weighted by molar-refractivity contribution is -0.384. The zero-order valence-electron chi connectivity index (χ0n) is 12.3. The summed E-state index contributed by atoms with van der Waals surface area (Å²) in [5.74, 6) is -0.577. The van der Waals surface area contributed by atoms with Crippen LogP contribution in [0.1, 0.15) is 30.4 Å². The Morgan fingerprint density at radius 2 is 1.77 bits per heavy atom. The van der Waals surface area contributed by atoms with Crippen LogP contribution in [0, 0.1) is 10.1 Å². The van der Waals surface area contributed by atoms with E-state index in [0.29, 0.717) is 6.42 Å². The molecule has 1 atom stereocenters. The fourth-order valence-electron chi connectivity index (χ4n) is 2.19. The lowest BCUT2D eigenvalue weighted by atomic mass is 9.97. The molecule has 2 aromatic rings. The van der Waals surface area contributed by atoms with Crippen molar-refractivity contribution in [1.29, 1.82) is 0 Å². The van der Waals surface area contributed by atoms with E-state index >= 15 is 0 Å². The molecule has 0 aliphatic heterocycles. The van der Waals surface area contributed by atoms with Gasteiger partial charge < -0.3 is 4.74 Å². The van der Waals surface area contributed by atoms with Gasteiger partial charge in [-0.1, -0.05) is 37.3 Å². The number of hydrogen-bond donors (Lipinski definition) is 0. The molecule has 0 heterocycles. The van der Waals surface area contributed by atoms with E-state index in [9.17, 15) is 14.9 Å². The number of carbonyl (C=O) groups is 1. The molecule has 5 nitrogen and oxygen atoms in total. The molecule has 5 heteroatoms. The molecule has 0 spiro atoms. The number of hydrogen-bond acceptors (Lipinski definition) is 4. The number of nitro benzene ring substituents is 1. The van der Waals surface area contributed by atoms with Crippen LogP contribution in [0.5, 0.6) is 0 Å². The van der Waals surface area contributed by atoms with Gasteiger partial charge in [0.1, 0.15) is 6.61 Å². The minimum atomic E-state index is -0.460. The van der Waals surface area contributed by atoms with E-state index in [4.69, 9.17) is 4.74 Å². The number of non-ortho nitro benzene ring substituents is 1. The fourth-order valence-corrected chi connectivity index (χ4v) is 2.19.